The Kier molecular flexibility index (Phi) is 6.65. The van der Waals surface area contributed by atoms with Gasteiger partial charge in [-0.25, -0.2) is 0 Å². The van der Waals surface area contributed by atoms with E-state index in [4.69, 9.17) is 9.47 Å². The molecule has 25 heavy (non-hydrogen) atoms. The van der Waals surface area contributed by atoms with Gasteiger partial charge in [0.05, 0.1) is 24.7 Å². The number of halogens is 1. The summed E-state index contributed by atoms with van der Waals surface area (Å²) in [5.41, 5.74) is 2.97. The lowest BCUT2D eigenvalue weighted by Crippen LogP contribution is -2.24. The number of rotatable bonds is 6. The molecular weight excluding hydrogens is 382 g/mol. The third-order valence-electron chi connectivity index (χ3n) is 3.83. The molecule has 5 heteroatoms. The quantitative estimate of drug-likeness (QED) is 0.713. The van der Waals surface area contributed by atoms with Crippen LogP contribution < -0.4 is 14.8 Å². The maximum absolute atomic E-state index is 12.2. The van der Waals surface area contributed by atoms with Crippen molar-refractivity contribution in [3.05, 3.63) is 63.6 Å². The molecule has 2 rings (SSSR count). The Morgan fingerprint density at radius 2 is 1.80 bits per heavy atom. The predicted molar refractivity (Wildman–Crippen MR) is 104 cm³/mol. The second kappa shape index (κ2) is 8.72. The molecule has 0 saturated carbocycles. The molecule has 1 N–H and O–H groups in total. The number of carbonyl (C=O) groups excluding carboxylic acids is 1. The van der Waals surface area contributed by atoms with Gasteiger partial charge in [-0.15, -0.1) is 0 Å². The van der Waals surface area contributed by atoms with Crippen molar-refractivity contribution < 1.29 is 14.3 Å². The fourth-order valence-electron chi connectivity index (χ4n) is 2.45. The van der Waals surface area contributed by atoms with Crippen molar-refractivity contribution in [2.45, 2.75) is 19.9 Å². The Balaban J connectivity index is 2.07. The molecule has 0 aromatic heterocycles. The van der Waals surface area contributed by atoms with Crippen LogP contribution >= 0.6 is 15.9 Å². The van der Waals surface area contributed by atoms with Crippen LogP contribution in [0.15, 0.2) is 46.9 Å². The molecule has 0 radical (unpaired) electrons. The van der Waals surface area contributed by atoms with Gasteiger partial charge in [-0.05, 0) is 65.7 Å². The van der Waals surface area contributed by atoms with Crippen LogP contribution in [0.2, 0.25) is 0 Å². The van der Waals surface area contributed by atoms with Gasteiger partial charge in [0.1, 0.15) is 11.5 Å². The summed E-state index contributed by atoms with van der Waals surface area (Å²) in [6.07, 6.45) is 3.28. The van der Waals surface area contributed by atoms with Gasteiger partial charge in [-0.3, -0.25) is 4.79 Å². The van der Waals surface area contributed by atoms with Crippen molar-refractivity contribution in [1.82, 2.24) is 5.32 Å². The molecule has 0 unspecified atom stereocenters. The van der Waals surface area contributed by atoms with E-state index in [0.29, 0.717) is 0 Å². The second-order valence-electron chi connectivity index (χ2n) is 5.70. The molecule has 0 fully saturated rings. The molecule has 4 nitrogen and oxygen atoms in total. The number of carbonyl (C=O) groups is 1. The number of ether oxygens (including phenoxy) is 2. The van der Waals surface area contributed by atoms with Gasteiger partial charge in [0.2, 0.25) is 5.91 Å². The molecule has 1 atom stereocenters. The topological polar surface area (TPSA) is 47.6 Å². The summed E-state index contributed by atoms with van der Waals surface area (Å²) in [7, 11) is 3.24. The molecule has 0 aliphatic rings. The zero-order chi connectivity index (χ0) is 18.4. The zero-order valence-electron chi connectivity index (χ0n) is 14.8. The largest absolute Gasteiger partial charge is 0.496 e. The number of hydrogen-bond acceptors (Lipinski definition) is 3. The highest BCUT2D eigenvalue weighted by molar-refractivity contribution is 9.10. The van der Waals surface area contributed by atoms with E-state index < -0.39 is 0 Å². The average molecular weight is 404 g/mol. The van der Waals surface area contributed by atoms with Crippen LogP contribution in [0.3, 0.4) is 0 Å². The number of amides is 1. The standard InChI is InChI=1S/C20H22BrNO3/c1-13-5-8-18(24-3)16(11-13)7-10-20(23)22-14(2)15-6-9-19(25-4)17(21)12-15/h5-12,14H,1-4H3,(H,22,23)/b10-7+/t14-/m1/s1. The van der Waals surface area contributed by atoms with Gasteiger partial charge >= 0.3 is 0 Å². The van der Waals surface area contributed by atoms with Gasteiger partial charge in [-0.1, -0.05) is 17.7 Å². The van der Waals surface area contributed by atoms with Crippen LogP contribution in [-0.2, 0) is 4.79 Å². The summed E-state index contributed by atoms with van der Waals surface area (Å²) in [6.45, 7) is 3.94. The van der Waals surface area contributed by atoms with Crippen molar-refractivity contribution in [1.29, 1.82) is 0 Å². The van der Waals surface area contributed by atoms with Gasteiger partial charge in [0.15, 0.2) is 0 Å². The highest BCUT2D eigenvalue weighted by Gasteiger charge is 2.10. The number of nitrogens with one attached hydrogen (secondary N) is 1. The zero-order valence-corrected chi connectivity index (χ0v) is 16.4. The predicted octanol–water partition coefficient (Wildman–Crippen LogP) is 4.67. The van der Waals surface area contributed by atoms with E-state index in [9.17, 15) is 4.79 Å². The number of methoxy groups -OCH3 is 2. The fraction of sp³-hybridized carbons (Fsp3) is 0.250. The molecule has 0 bridgehead atoms. The van der Waals surface area contributed by atoms with Crippen molar-refractivity contribution in [3.63, 3.8) is 0 Å². The summed E-state index contributed by atoms with van der Waals surface area (Å²) >= 11 is 3.46. The first-order chi connectivity index (χ1) is 11.9. The Morgan fingerprint density at radius 3 is 2.44 bits per heavy atom. The molecule has 132 valence electrons. The van der Waals surface area contributed by atoms with Gasteiger partial charge in [0.25, 0.3) is 0 Å². The SMILES string of the molecule is COc1ccc([C@@H](C)NC(=O)/C=C/c2cc(C)ccc2OC)cc1Br. The summed E-state index contributed by atoms with van der Waals surface area (Å²) < 4.78 is 11.4. The van der Waals surface area contributed by atoms with Crippen LogP contribution in [-0.4, -0.2) is 20.1 Å². The number of aryl methyl sites for hydroxylation is 1. The monoisotopic (exact) mass is 403 g/mol. The lowest BCUT2D eigenvalue weighted by molar-refractivity contribution is -0.117. The highest BCUT2D eigenvalue weighted by Crippen LogP contribution is 2.28. The molecular formula is C20H22BrNO3. The highest BCUT2D eigenvalue weighted by atomic mass is 79.9. The van der Waals surface area contributed by atoms with Gasteiger partial charge in [-0.2, -0.15) is 0 Å². The van der Waals surface area contributed by atoms with Gasteiger partial charge < -0.3 is 14.8 Å². The van der Waals surface area contributed by atoms with E-state index in [0.717, 1.165) is 32.7 Å². The molecule has 0 heterocycles. The van der Waals surface area contributed by atoms with E-state index in [1.165, 1.54) is 6.08 Å². The summed E-state index contributed by atoms with van der Waals surface area (Å²) in [4.78, 5) is 12.2. The van der Waals surface area contributed by atoms with Gasteiger partial charge in [0, 0.05) is 11.6 Å². The average Bonchev–Trinajstić information content (AvgIpc) is 2.60. The molecule has 0 aliphatic heterocycles. The Bertz CT molecular complexity index is 787. The molecule has 0 saturated heterocycles. The first-order valence-electron chi connectivity index (χ1n) is 7.91. The van der Waals surface area contributed by atoms with E-state index >= 15 is 0 Å². The van der Waals surface area contributed by atoms with Crippen LogP contribution in [0.5, 0.6) is 11.5 Å². The lowest BCUT2D eigenvalue weighted by atomic mass is 10.1. The molecule has 0 aliphatic carbocycles. The maximum Gasteiger partial charge on any atom is 0.244 e. The van der Waals surface area contributed by atoms with E-state index in [-0.39, 0.29) is 11.9 Å². The van der Waals surface area contributed by atoms with Crippen molar-refractivity contribution >= 4 is 27.9 Å². The van der Waals surface area contributed by atoms with Crippen molar-refractivity contribution in [3.8, 4) is 11.5 Å². The fourth-order valence-corrected chi connectivity index (χ4v) is 3.00. The van der Waals surface area contributed by atoms with Crippen molar-refractivity contribution in [2.75, 3.05) is 14.2 Å². The minimum absolute atomic E-state index is 0.126. The van der Waals surface area contributed by atoms with E-state index in [2.05, 4.69) is 21.2 Å². The normalized spacial score (nSPS) is 12.0. The summed E-state index contributed by atoms with van der Waals surface area (Å²) in [5, 5.41) is 2.96. The van der Waals surface area contributed by atoms with Crippen LogP contribution in [0.25, 0.3) is 6.08 Å². The number of benzene rings is 2. The molecule has 2 aromatic rings. The minimum Gasteiger partial charge on any atom is -0.496 e. The third kappa shape index (κ3) is 5.10. The summed E-state index contributed by atoms with van der Waals surface area (Å²) in [6, 6.07) is 11.5. The first-order valence-corrected chi connectivity index (χ1v) is 8.70. The van der Waals surface area contributed by atoms with E-state index in [1.807, 2.05) is 50.2 Å². The lowest BCUT2D eigenvalue weighted by Gasteiger charge is -2.14. The van der Waals surface area contributed by atoms with Crippen molar-refractivity contribution in [2.24, 2.45) is 0 Å². The smallest absolute Gasteiger partial charge is 0.244 e. The number of hydrogen-bond donors (Lipinski definition) is 1. The maximum atomic E-state index is 12.2. The Hall–Kier alpha value is -2.27. The summed E-state index contributed by atoms with van der Waals surface area (Å²) in [5.74, 6) is 1.33. The van der Waals surface area contributed by atoms with Crippen LogP contribution in [0.1, 0.15) is 29.7 Å². The molecule has 2 aromatic carbocycles. The first kappa shape index (κ1) is 19.1. The Labute approximate surface area is 157 Å². The van der Waals surface area contributed by atoms with E-state index in [1.54, 1.807) is 20.3 Å². The van der Waals surface area contributed by atoms with Crippen LogP contribution in [0, 0.1) is 6.92 Å². The third-order valence-corrected chi connectivity index (χ3v) is 4.45. The molecule has 0 spiro atoms. The molecule has 1 amide bonds. The minimum atomic E-state index is -0.164. The second-order valence-corrected chi connectivity index (χ2v) is 6.56. The Morgan fingerprint density at radius 1 is 1.12 bits per heavy atom. The van der Waals surface area contributed by atoms with Crippen LogP contribution in [0.4, 0.5) is 0 Å².